The third-order valence-corrected chi connectivity index (χ3v) is 1.79. The molecule has 0 amide bonds. The van der Waals surface area contributed by atoms with Crippen LogP contribution in [0.3, 0.4) is 0 Å². The first-order valence-corrected chi connectivity index (χ1v) is 4.05. The first kappa shape index (κ1) is 9.64. The number of nitrogens with zero attached hydrogens (tertiary/aromatic N) is 2. The molecule has 0 N–H and O–H groups in total. The summed E-state index contributed by atoms with van der Waals surface area (Å²) in [4.78, 5) is 11.2. The minimum absolute atomic E-state index is 0.240. The van der Waals surface area contributed by atoms with Gasteiger partial charge >= 0.3 is 5.97 Å². The minimum Gasteiger partial charge on any atom is -0.465 e. The second-order valence-corrected chi connectivity index (χ2v) is 3.00. The zero-order valence-electron chi connectivity index (χ0n) is 7.94. The van der Waals surface area contributed by atoms with Crippen LogP contribution < -0.4 is 0 Å². The molecule has 13 heavy (non-hydrogen) atoms. The maximum absolute atomic E-state index is 11.2. The van der Waals surface area contributed by atoms with Gasteiger partial charge in [0.05, 0.1) is 25.1 Å². The molecule has 0 bridgehead atoms. The topological polar surface area (TPSA) is 52.1 Å². The second-order valence-electron chi connectivity index (χ2n) is 3.00. The Morgan fingerprint density at radius 2 is 2.00 bits per heavy atom. The molecule has 0 aliphatic heterocycles. The minimum atomic E-state index is -0.362. The summed E-state index contributed by atoms with van der Waals surface area (Å²) in [6, 6.07) is 0. The summed E-state index contributed by atoms with van der Waals surface area (Å²) in [7, 11) is 1.35. The summed E-state index contributed by atoms with van der Waals surface area (Å²) in [5, 5.41) is 7.37. The number of hydrogen-bond donors (Lipinski definition) is 0. The summed E-state index contributed by atoms with van der Waals surface area (Å²) in [6.45, 7) is 3.98. The van der Waals surface area contributed by atoms with Gasteiger partial charge in [0, 0.05) is 0 Å². The van der Waals surface area contributed by atoms with Crippen molar-refractivity contribution in [1.29, 1.82) is 0 Å². The Kier molecular flexibility index (Phi) is 2.95. The first-order chi connectivity index (χ1) is 6.16. The standard InChI is InChI=1S/C9H12N2O2/c1-6(2)7-4-10-11-5-8(7)9(12)13-3/h4-6H,1-3H3. The summed E-state index contributed by atoms with van der Waals surface area (Å²) in [5.41, 5.74) is 1.36. The average Bonchev–Trinajstić information content (AvgIpc) is 2.16. The zero-order valence-corrected chi connectivity index (χ0v) is 7.94. The Hall–Kier alpha value is -1.45. The van der Waals surface area contributed by atoms with E-state index in [2.05, 4.69) is 14.9 Å². The fourth-order valence-electron chi connectivity index (χ4n) is 1.07. The van der Waals surface area contributed by atoms with Crippen LogP contribution in [0.5, 0.6) is 0 Å². The van der Waals surface area contributed by atoms with Crippen LogP contribution in [0, 0.1) is 0 Å². The van der Waals surface area contributed by atoms with Crippen molar-refractivity contribution in [2.24, 2.45) is 0 Å². The summed E-state index contributed by atoms with van der Waals surface area (Å²) >= 11 is 0. The van der Waals surface area contributed by atoms with E-state index in [4.69, 9.17) is 0 Å². The Balaban J connectivity index is 3.12. The molecule has 0 saturated heterocycles. The lowest BCUT2D eigenvalue weighted by atomic mass is 10.0. The maximum Gasteiger partial charge on any atom is 0.339 e. The Labute approximate surface area is 76.9 Å². The molecular formula is C9H12N2O2. The number of rotatable bonds is 2. The number of methoxy groups -OCH3 is 1. The normalized spacial score (nSPS) is 10.2. The number of carbonyl (C=O) groups is 1. The van der Waals surface area contributed by atoms with E-state index in [1.807, 2.05) is 13.8 Å². The molecule has 0 aliphatic carbocycles. The van der Waals surface area contributed by atoms with E-state index in [0.717, 1.165) is 5.56 Å². The SMILES string of the molecule is COC(=O)c1cnncc1C(C)C. The Morgan fingerprint density at radius 3 is 2.54 bits per heavy atom. The van der Waals surface area contributed by atoms with E-state index >= 15 is 0 Å². The smallest absolute Gasteiger partial charge is 0.339 e. The summed E-state index contributed by atoms with van der Waals surface area (Å²) < 4.78 is 4.62. The fourth-order valence-corrected chi connectivity index (χ4v) is 1.07. The summed E-state index contributed by atoms with van der Waals surface area (Å²) in [5.74, 6) is -0.122. The van der Waals surface area contributed by atoms with Crippen molar-refractivity contribution in [2.45, 2.75) is 19.8 Å². The van der Waals surface area contributed by atoms with Crippen LogP contribution >= 0.6 is 0 Å². The molecule has 1 aromatic rings. The third kappa shape index (κ3) is 2.02. The van der Waals surface area contributed by atoms with Gasteiger partial charge in [0.15, 0.2) is 0 Å². The lowest BCUT2D eigenvalue weighted by molar-refractivity contribution is 0.0598. The van der Waals surface area contributed by atoms with Gasteiger partial charge in [-0.1, -0.05) is 13.8 Å². The maximum atomic E-state index is 11.2. The number of esters is 1. The molecule has 4 nitrogen and oxygen atoms in total. The highest BCUT2D eigenvalue weighted by molar-refractivity contribution is 5.90. The van der Waals surface area contributed by atoms with Crippen molar-refractivity contribution >= 4 is 5.97 Å². The van der Waals surface area contributed by atoms with Gasteiger partial charge < -0.3 is 4.74 Å². The van der Waals surface area contributed by atoms with Gasteiger partial charge in [0.1, 0.15) is 0 Å². The highest BCUT2D eigenvalue weighted by Crippen LogP contribution is 2.17. The molecular weight excluding hydrogens is 168 g/mol. The highest BCUT2D eigenvalue weighted by atomic mass is 16.5. The van der Waals surface area contributed by atoms with Crippen molar-refractivity contribution in [1.82, 2.24) is 10.2 Å². The molecule has 0 saturated carbocycles. The lowest BCUT2D eigenvalue weighted by Gasteiger charge is -2.08. The monoisotopic (exact) mass is 180 g/mol. The largest absolute Gasteiger partial charge is 0.465 e. The molecule has 70 valence electrons. The van der Waals surface area contributed by atoms with E-state index in [0.29, 0.717) is 5.56 Å². The Morgan fingerprint density at radius 1 is 1.38 bits per heavy atom. The predicted molar refractivity (Wildman–Crippen MR) is 47.5 cm³/mol. The molecule has 1 rings (SSSR count). The number of hydrogen-bond acceptors (Lipinski definition) is 4. The van der Waals surface area contributed by atoms with Gasteiger partial charge in [-0.2, -0.15) is 10.2 Å². The van der Waals surface area contributed by atoms with E-state index in [1.165, 1.54) is 13.3 Å². The predicted octanol–water partition coefficient (Wildman–Crippen LogP) is 1.39. The first-order valence-electron chi connectivity index (χ1n) is 4.05. The molecule has 0 radical (unpaired) electrons. The third-order valence-electron chi connectivity index (χ3n) is 1.79. The van der Waals surface area contributed by atoms with Crippen molar-refractivity contribution in [2.75, 3.05) is 7.11 Å². The van der Waals surface area contributed by atoms with Crippen molar-refractivity contribution in [3.63, 3.8) is 0 Å². The average molecular weight is 180 g/mol. The second kappa shape index (κ2) is 3.98. The molecule has 0 unspecified atom stereocenters. The molecule has 1 aromatic heterocycles. The van der Waals surface area contributed by atoms with E-state index in [1.54, 1.807) is 6.20 Å². The van der Waals surface area contributed by atoms with Crippen molar-refractivity contribution < 1.29 is 9.53 Å². The van der Waals surface area contributed by atoms with Crippen LogP contribution in [0.2, 0.25) is 0 Å². The van der Waals surface area contributed by atoms with Crippen LogP contribution in [0.25, 0.3) is 0 Å². The van der Waals surface area contributed by atoms with Crippen LogP contribution in [0.15, 0.2) is 12.4 Å². The molecule has 0 aliphatic rings. The molecule has 1 heterocycles. The van der Waals surface area contributed by atoms with Crippen LogP contribution in [0.4, 0.5) is 0 Å². The lowest BCUT2D eigenvalue weighted by Crippen LogP contribution is -2.08. The van der Waals surface area contributed by atoms with Gasteiger partial charge in [0.2, 0.25) is 0 Å². The van der Waals surface area contributed by atoms with Crippen molar-refractivity contribution in [3.05, 3.63) is 23.5 Å². The molecule has 0 atom stereocenters. The van der Waals surface area contributed by atoms with E-state index in [-0.39, 0.29) is 11.9 Å². The van der Waals surface area contributed by atoms with Gasteiger partial charge in [0.25, 0.3) is 0 Å². The number of carbonyl (C=O) groups excluding carboxylic acids is 1. The van der Waals surface area contributed by atoms with Crippen LogP contribution in [0.1, 0.15) is 35.7 Å². The van der Waals surface area contributed by atoms with Crippen LogP contribution in [-0.2, 0) is 4.74 Å². The highest BCUT2D eigenvalue weighted by Gasteiger charge is 2.14. The number of ether oxygens (including phenoxy) is 1. The zero-order chi connectivity index (χ0) is 9.84. The Bertz CT molecular complexity index is 310. The van der Waals surface area contributed by atoms with Gasteiger partial charge in [-0.25, -0.2) is 4.79 Å². The molecule has 0 aromatic carbocycles. The quantitative estimate of drug-likeness (QED) is 0.645. The molecule has 0 fully saturated rings. The number of aromatic nitrogens is 2. The van der Waals surface area contributed by atoms with Gasteiger partial charge in [-0.3, -0.25) is 0 Å². The van der Waals surface area contributed by atoms with E-state index in [9.17, 15) is 4.79 Å². The van der Waals surface area contributed by atoms with Crippen molar-refractivity contribution in [3.8, 4) is 0 Å². The van der Waals surface area contributed by atoms with Crippen LogP contribution in [-0.4, -0.2) is 23.3 Å². The molecule has 0 spiro atoms. The fraction of sp³-hybridized carbons (Fsp3) is 0.444. The van der Waals surface area contributed by atoms with Gasteiger partial charge in [-0.15, -0.1) is 0 Å². The van der Waals surface area contributed by atoms with E-state index < -0.39 is 0 Å². The molecule has 4 heteroatoms. The van der Waals surface area contributed by atoms with Gasteiger partial charge in [-0.05, 0) is 11.5 Å². The summed E-state index contributed by atoms with van der Waals surface area (Å²) in [6.07, 6.45) is 3.03.